The molecule has 1 aromatic carbocycles. The minimum absolute atomic E-state index is 0. The van der Waals surface area contributed by atoms with E-state index in [1.807, 2.05) is 53.7 Å². The highest BCUT2D eigenvalue weighted by atomic mass is 79.9. The fourth-order valence-corrected chi connectivity index (χ4v) is 1.81. The van der Waals surface area contributed by atoms with Crippen LogP contribution in [-0.4, -0.2) is 17.1 Å². The molecule has 4 nitrogen and oxygen atoms in total. The largest absolute Gasteiger partial charge is 1.00 e. The van der Waals surface area contributed by atoms with Gasteiger partial charge in [-0.05, 0) is 19.1 Å². The van der Waals surface area contributed by atoms with Gasteiger partial charge in [0, 0.05) is 0 Å². The van der Waals surface area contributed by atoms with Crippen LogP contribution in [0.1, 0.15) is 6.92 Å². The highest BCUT2D eigenvalue weighted by Crippen LogP contribution is 2.09. The normalized spacial score (nSPS) is 10.0. The van der Waals surface area contributed by atoms with Gasteiger partial charge in [0.15, 0.2) is 17.6 Å². The lowest BCUT2D eigenvalue weighted by Crippen LogP contribution is -3.00. The number of aryl methyl sites for hydroxylation is 1. The van der Waals surface area contributed by atoms with Crippen LogP contribution in [-0.2, 0) is 23.1 Å². The minimum Gasteiger partial charge on any atom is -1.00 e. The van der Waals surface area contributed by atoms with Crippen molar-refractivity contribution in [3.8, 4) is 0 Å². The van der Waals surface area contributed by atoms with E-state index >= 15 is 0 Å². The van der Waals surface area contributed by atoms with Crippen molar-refractivity contribution in [2.24, 2.45) is 7.05 Å². The first-order valence-electron chi connectivity index (χ1n) is 5.31. The third-order valence-electron chi connectivity index (χ3n) is 2.49. The number of halogens is 1. The van der Waals surface area contributed by atoms with Crippen LogP contribution in [0.3, 0.4) is 0 Å². The Morgan fingerprint density at radius 2 is 2.12 bits per heavy atom. The molecule has 17 heavy (non-hydrogen) atoms. The summed E-state index contributed by atoms with van der Waals surface area (Å²) < 4.78 is 8.83. The molecule has 0 radical (unpaired) electrons. The molecule has 0 aliphatic rings. The summed E-state index contributed by atoms with van der Waals surface area (Å²) in [4.78, 5) is 11.4. The molecule has 2 rings (SSSR count). The maximum Gasteiger partial charge on any atom is 0.348 e. The average Bonchev–Trinajstić information content (AvgIpc) is 2.57. The molecule has 2 aromatic rings. The highest BCUT2D eigenvalue weighted by Gasteiger charge is 2.15. The molecule has 0 saturated heterocycles. The molecule has 0 unspecified atom stereocenters. The molecule has 0 amide bonds. The number of ether oxygens (including phenoxy) is 1. The first-order chi connectivity index (χ1) is 7.72. The third-order valence-corrected chi connectivity index (χ3v) is 2.49. The summed E-state index contributed by atoms with van der Waals surface area (Å²) in [7, 11) is 1.96. The Bertz CT molecular complexity index is 522. The molecule has 0 fully saturated rings. The maximum atomic E-state index is 11.4. The number of aromatic nitrogens is 2. The summed E-state index contributed by atoms with van der Waals surface area (Å²) in [5.74, 6) is -0.205. The first kappa shape index (κ1) is 13.7. The van der Waals surface area contributed by atoms with Gasteiger partial charge < -0.3 is 21.7 Å². The Morgan fingerprint density at radius 3 is 2.82 bits per heavy atom. The minimum atomic E-state index is -0.205. The van der Waals surface area contributed by atoms with E-state index in [1.165, 1.54) is 0 Å². The maximum absolute atomic E-state index is 11.4. The van der Waals surface area contributed by atoms with E-state index in [2.05, 4.69) is 0 Å². The van der Waals surface area contributed by atoms with E-state index in [-0.39, 0.29) is 29.5 Å². The zero-order valence-corrected chi connectivity index (χ0v) is 11.5. The summed E-state index contributed by atoms with van der Waals surface area (Å²) in [6, 6.07) is 7.96. The smallest absolute Gasteiger partial charge is 0.348 e. The van der Waals surface area contributed by atoms with Crippen molar-refractivity contribution in [3.05, 3.63) is 30.6 Å². The van der Waals surface area contributed by atoms with Crippen molar-refractivity contribution in [1.82, 2.24) is 4.57 Å². The van der Waals surface area contributed by atoms with Crippen molar-refractivity contribution in [1.29, 1.82) is 0 Å². The number of carbonyl (C=O) groups is 1. The first-order valence-corrected chi connectivity index (χ1v) is 5.31. The SMILES string of the molecule is CCOC(=O)Cn1c[n+](C)c2ccccc21.[Br-]. The van der Waals surface area contributed by atoms with Gasteiger partial charge in [0.2, 0.25) is 6.33 Å². The van der Waals surface area contributed by atoms with E-state index in [4.69, 9.17) is 4.74 Å². The number of hydrogen-bond donors (Lipinski definition) is 0. The molecule has 0 saturated carbocycles. The Balaban J connectivity index is 0.00000144. The lowest BCUT2D eigenvalue weighted by atomic mass is 10.3. The van der Waals surface area contributed by atoms with Gasteiger partial charge >= 0.3 is 5.97 Å². The van der Waals surface area contributed by atoms with E-state index in [0.717, 1.165) is 11.0 Å². The molecule has 92 valence electrons. The van der Waals surface area contributed by atoms with Crippen LogP contribution in [0, 0.1) is 0 Å². The second-order valence-corrected chi connectivity index (χ2v) is 3.65. The molecule has 1 heterocycles. The Morgan fingerprint density at radius 1 is 1.41 bits per heavy atom. The summed E-state index contributed by atoms with van der Waals surface area (Å²) in [5, 5.41) is 0. The number of para-hydroxylation sites is 2. The van der Waals surface area contributed by atoms with Crippen LogP contribution < -0.4 is 21.5 Å². The Kier molecular flexibility index (Phi) is 4.69. The summed E-state index contributed by atoms with van der Waals surface area (Å²) in [6.45, 7) is 2.49. The van der Waals surface area contributed by atoms with Gasteiger partial charge in [-0.25, -0.2) is 13.9 Å². The van der Waals surface area contributed by atoms with E-state index in [1.54, 1.807) is 0 Å². The lowest BCUT2D eigenvalue weighted by molar-refractivity contribution is -0.645. The number of hydrogen-bond acceptors (Lipinski definition) is 2. The van der Waals surface area contributed by atoms with Gasteiger partial charge in [0.25, 0.3) is 0 Å². The molecule has 1 aromatic heterocycles. The molecular weight excluding hydrogens is 284 g/mol. The second-order valence-electron chi connectivity index (χ2n) is 3.65. The van der Waals surface area contributed by atoms with Crippen molar-refractivity contribution in [2.45, 2.75) is 13.5 Å². The van der Waals surface area contributed by atoms with Gasteiger partial charge in [-0.15, -0.1) is 0 Å². The Hall–Kier alpha value is -1.36. The van der Waals surface area contributed by atoms with E-state index in [9.17, 15) is 4.79 Å². The molecule has 5 heteroatoms. The van der Waals surface area contributed by atoms with Crippen molar-refractivity contribution < 1.29 is 31.1 Å². The van der Waals surface area contributed by atoms with Crippen molar-refractivity contribution in [3.63, 3.8) is 0 Å². The van der Waals surface area contributed by atoms with Gasteiger partial charge in [-0.1, -0.05) is 12.1 Å². The number of fused-ring (bicyclic) bond motifs is 1. The van der Waals surface area contributed by atoms with Crippen LogP contribution >= 0.6 is 0 Å². The quantitative estimate of drug-likeness (QED) is 0.487. The topological polar surface area (TPSA) is 35.1 Å². The fourth-order valence-electron chi connectivity index (χ4n) is 1.81. The predicted octanol–water partition coefficient (Wildman–Crippen LogP) is -1.97. The lowest BCUT2D eigenvalue weighted by Gasteiger charge is -1.98. The van der Waals surface area contributed by atoms with Crippen LogP contribution in [0.4, 0.5) is 0 Å². The van der Waals surface area contributed by atoms with E-state index < -0.39 is 0 Å². The summed E-state index contributed by atoms with van der Waals surface area (Å²) in [6.07, 6.45) is 1.90. The average molecular weight is 299 g/mol. The molecule has 0 N–H and O–H groups in total. The van der Waals surface area contributed by atoms with Crippen molar-refractivity contribution >= 4 is 17.0 Å². The van der Waals surface area contributed by atoms with Crippen molar-refractivity contribution in [2.75, 3.05) is 6.61 Å². The monoisotopic (exact) mass is 298 g/mol. The molecule has 0 aliphatic carbocycles. The van der Waals surface area contributed by atoms with Gasteiger partial charge in [0.05, 0.1) is 13.7 Å². The number of imidazole rings is 1. The molecule has 0 atom stereocenters. The molecular formula is C12H15BrN2O2. The number of benzene rings is 1. The zero-order chi connectivity index (χ0) is 11.5. The van der Waals surface area contributed by atoms with Crippen LogP contribution in [0.5, 0.6) is 0 Å². The summed E-state index contributed by atoms with van der Waals surface area (Å²) in [5.41, 5.74) is 2.14. The standard InChI is InChI=1S/C12H15N2O2.BrH/c1-3-16-12(15)8-14-9-13(2)10-6-4-5-7-11(10)14;/h4-7,9H,3,8H2,1-2H3;1H/q+1;/p-1. The van der Waals surface area contributed by atoms with Crippen LogP contribution in [0.15, 0.2) is 30.6 Å². The number of esters is 1. The number of rotatable bonds is 3. The number of nitrogens with zero attached hydrogens (tertiary/aromatic N) is 2. The number of carbonyl (C=O) groups excluding carboxylic acids is 1. The Labute approximate surface area is 111 Å². The second kappa shape index (κ2) is 5.82. The van der Waals surface area contributed by atoms with Gasteiger partial charge in [-0.3, -0.25) is 0 Å². The van der Waals surface area contributed by atoms with Gasteiger partial charge in [0.1, 0.15) is 0 Å². The fraction of sp³-hybridized carbons (Fsp3) is 0.333. The van der Waals surface area contributed by atoms with Crippen LogP contribution in [0.2, 0.25) is 0 Å². The predicted molar refractivity (Wildman–Crippen MR) is 59.7 cm³/mol. The van der Waals surface area contributed by atoms with Gasteiger partial charge in [-0.2, -0.15) is 0 Å². The summed E-state index contributed by atoms with van der Waals surface area (Å²) >= 11 is 0. The molecule has 0 aliphatic heterocycles. The van der Waals surface area contributed by atoms with E-state index in [0.29, 0.717) is 6.61 Å². The van der Waals surface area contributed by atoms with Crippen LogP contribution in [0.25, 0.3) is 11.0 Å². The molecule has 0 bridgehead atoms. The third kappa shape index (κ3) is 2.85. The zero-order valence-electron chi connectivity index (χ0n) is 9.89. The highest BCUT2D eigenvalue weighted by molar-refractivity contribution is 5.75. The molecule has 0 spiro atoms.